The second-order valence-corrected chi connectivity index (χ2v) is 12.4. The zero-order valence-corrected chi connectivity index (χ0v) is 22.4. The average molecular weight is 478 g/mol. The Morgan fingerprint density at radius 2 is 1.42 bits per heavy atom. The number of carbonyl (C=O) groups is 1. The van der Waals surface area contributed by atoms with Crippen LogP contribution < -0.4 is 0 Å². The summed E-state index contributed by atoms with van der Waals surface area (Å²) >= 11 is 0. The molecule has 0 aromatic heterocycles. The second kappa shape index (κ2) is 10.4. The fraction of sp³-hybridized carbons (Fsp3) is 0.731. The van der Waals surface area contributed by atoms with Crippen molar-refractivity contribution < 1.29 is 13.2 Å². The first-order chi connectivity index (χ1) is 15.4. The lowest BCUT2D eigenvalue weighted by Crippen LogP contribution is -2.53. The van der Waals surface area contributed by atoms with Crippen LogP contribution >= 0.6 is 0 Å². The molecule has 7 heteroatoms. The van der Waals surface area contributed by atoms with E-state index in [4.69, 9.17) is 0 Å². The summed E-state index contributed by atoms with van der Waals surface area (Å²) in [6.07, 6.45) is 3.00. The molecule has 2 fully saturated rings. The van der Waals surface area contributed by atoms with Crippen LogP contribution in [0.25, 0.3) is 0 Å². The molecule has 0 radical (unpaired) electrons. The lowest BCUT2D eigenvalue weighted by atomic mass is 9.84. The van der Waals surface area contributed by atoms with Gasteiger partial charge in [0.2, 0.25) is 15.9 Å². The number of hydrogen-bond donors (Lipinski definition) is 0. The quantitative estimate of drug-likeness (QED) is 0.618. The number of sulfonamides is 1. The van der Waals surface area contributed by atoms with Crippen LogP contribution in [0.15, 0.2) is 17.0 Å². The predicted molar refractivity (Wildman–Crippen MR) is 134 cm³/mol. The number of aryl methyl sites for hydroxylation is 3. The predicted octanol–water partition coefficient (Wildman–Crippen LogP) is 4.12. The van der Waals surface area contributed by atoms with Gasteiger partial charge in [0.15, 0.2) is 0 Å². The Bertz CT molecular complexity index is 919. The Labute approximate surface area is 201 Å². The molecule has 186 valence electrons. The van der Waals surface area contributed by atoms with E-state index in [1.54, 1.807) is 4.31 Å². The molecule has 3 rings (SSSR count). The van der Waals surface area contributed by atoms with Crippen LogP contribution in [0, 0.1) is 26.7 Å². The Morgan fingerprint density at radius 3 is 1.88 bits per heavy atom. The molecular weight excluding hydrogens is 434 g/mol. The number of rotatable bonds is 6. The van der Waals surface area contributed by atoms with E-state index in [0.29, 0.717) is 10.9 Å². The van der Waals surface area contributed by atoms with Crippen LogP contribution in [-0.2, 0) is 14.8 Å². The molecule has 0 bridgehead atoms. The minimum atomic E-state index is -3.62. The Morgan fingerprint density at radius 1 is 0.909 bits per heavy atom. The van der Waals surface area contributed by atoms with Crippen molar-refractivity contribution in [2.24, 2.45) is 5.92 Å². The van der Waals surface area contributed by atoms with Crippen molar-refractivity contribution in [1.29, 1.82) is 0 Å². The number of carbonyl (C=O) groups excluding carboxylic acids is 1. The largest absolute Gasteiger partial charge is 0.340 e. The maximum atomic E-state index is 13.8. The van der Waals surface area contributed by atoms with Crippen molar-refractivity contribution in [3.63, 3.8) is 0 Å². The third-order valence-electron chi connectivity index (χ3n) is 7.41. The van der Waals surface area contributed by atoms with Gasteiger partial charge in [0, 0.05) is 50.2 Å². The summed E-state index contributed by atoms with van der Waals surface area (Å²) in [6.45, 7) is 17.6. The first-order valence-electron chi connectivity index (χ1n) is 12.6. The van der Waals surface area contributed by atoms with Gasteiger partial charge in [-0.1, -0.05) is 17.7 Å². The summed E-state index contributed by atoms with van der Waals surface area (Å²) in [5.74, 6) is 0.285. The second-order valence-electron chi connectivity index (χ2n) is 10.6. The van der Waals surface area contributed by atoms with Crippen molar-refractivity contribution in [3.8, 4) is 0 Å². The zero-order chi connectivity index (χ0) is 24.5. The molecule has 1 aliphatic heterocycles. The summed E-state index contributed by atoms with van der Waals surface area (Å²) in [6, 6.07) is 4.23. The highest BCUT2D eigenvalue weighted by atomic mass is 32.2. The van der Waals surface area contributed by atoms with Crippen LogP contribution in [0.5, 0.6) is 0 Å². The first kappa shape index (κ1) is 26.2. The number of benzene rings is 1. The summed E-state index contributed by atoms with van der Waals surface area (Å²) < 4.78 is 29.4. The number of amides is 1. The van der Waals surface area contributed by atoms with E-state index >= 15 is 0 Å². The fourth-order valence-corrected chi connectivity index (χ4v) is 8.17. The number of nitrogens with zero attached hydrogens (tertiary/aromatic N) is 3. The van der Waals surface area contributed by atoms with E-state index in [9.17, 15) is 13.2 Å². The van der Waals surface area contributed by atoms with E-state index in [0.717, 1.165) is 68.6 Å². The Kier molecular flexibility index (Phi) is 8.28. The molecule has 1 amide bonds. The SMILES string of the molecule is Cc1cc(C)c(S(=O)(=O)N(C(C)C)[C@H]2CC[C@H](C(=O)N3CCN(C(C)C)CC3)CC2)c(C)c1. The molecule has 0 atom stereocenters. The first-order valence-corrected chi connectivity index (χ1v) is 14.0. The molecule has 0 N–H and O–H groups in total. The normalized spacial score (nSPS) is 23.0. The van der Waals surface area contributed by atoms with Gasteiger partial charge in [-0.15, -0.1) is 0 Å². The molecule has 0 unspecified atom stereocenters. The fourth-order valence-electron chi connectivity index (χ4n) is 5.87. The zero-order valence-electron chi connectivity index (χ0n) is 21.6. The molecule has 1 aliphatic carbocycles. The summed E-state index contributed by atoms with van der Waals surface area (Å²) in [5, 5.41) is 0. The van der Waals surface area contributed by atoms with Crippen molar-refractivity contribution in [2.45, 2.75) is 97.2 Å². The molecular formula is C26H43N3O3S. The van der Waals surface area contributed by atoms with Crippen molar-refractivity contribution in [1.82, 2.24) is 14.1 Å². The van der Waals surface area contributed by atoms with E-state index in [1.165, 1.54) is 0 Å². The molecule has 0 spiro atoms. The number of piperazine rings is 1. The van der Waals surface area contributed by atoms with Crippen molar-refractivity contribution in [3.05, 3.63) is 28.8 Å². The topological polar surface area (TPSA) is 60.9 Å². The standard InChI is InChI=1S/C26H43N3O3S/c1-18(2)27-12-14-28(15-13-27)26(30)23-8-10-24(11-9-23)29(19(3)4)33(31,32)25-21(6)16-20(5)17-22(25)7/h16-19,23-24H,8-15H2,1-7H3/t23-,24-. The maximum absolute atomic E-state index is 13.8. The molecule has 1 saturated heterocycles. The van der Waals surface area contributed by atoms with Crippen LogP contribution in [0.1, 0.15) is 70.1 Å². The molecule has 1 heterocycles. The highest BCUT2D eigenvalue weighted by molar-refractivity contribution is 7.89. The van der Waals surface area contributed by atoms with Crippen molar-refractivity contribution in [2.75, 3.05) is 26.2 Å². The monoisotopic (exact) mass is 477 g/mol. The third-order valence-corrected chi connectivity index (χ3v) is 9.85. The molecule has 1 aromatic carbocycles. The van der Waals surface area contributed by atoms with Gasteiger partial charge in [0.1, 0.15) is 0 Å². The van der Waals surface area contributed by atoms with Gasteiger partial charge in [-0.2, -0.15) is 4.31 Å². The smallest absolute Gasteiger partial charge is 0.244 e. The van der Waals surface area contributed by atoms with Gasteiger partial charge in [-0.05, 0) is 85.3 Å². The molecule has 2 aliphatic rings. The van der Waals surface area contributed by atoms with E-state index in [-0.39, 0.29) is 23.9 Å². The molecule has 33 heavy (non-hydrogen) atoms. The lowest BCUT2D eigenvalue weighted by Gasteiger charge is -2.41. The molecule has 6 nitrogen and oxygen atoms in total. The Hall–Kier alpha value is -1.44. The highest BCUT2D eigenvalue weighted by Crippen LogP contribution is 2.35. The number of hydrogen-bond acceptors (Lipinski definition) is 4. The van der Waals surface area contributed by atoms with Gasteiger partial charge < -0.3 is 4.90 Å². The van der Waals surface area contributed by atoms with E-state index in [1.807, 2.05) is 51.7 Å². The van der Waals surface area contributed by atoms with Gasteiger partial charge in [-0.25, -0.2) is 8.42 Å². The van der Waals surface area contributed by atoms with Crippen LogP contribution in [0.2, 0.25) is 0 Å². The highest BCUT2D eigenvalue weighted by Gasteiger charge is 2.39. The minimum absolute atomic E-state index is 0.0198. The summed E-state index contributed by atoms with van der Waals surface area (Å²) in [4.78, 5) is 18.0. The van der Waals surface area contributed by atoms with Gasteiger partial charge in [0.05, 0.1) is 4.90 Å². The van der Waals surface area contributed by atoms with Crippen LogP contribution in [0.4, 0.5) is 0 Å². The van der Waals surface area contributed by atoms with Gasteiger partial charge >= 0.3 is 0 Å². The van der Waals surface area contributed by atoms with Gasteiger partial charge in [0.25, 0.3) is 0 Å². The van der Waals surface area contributed by atoms with E-state index in [2.05, 4.69) is 18.7 Å². The van der Waals surface area contributed by atoms with Crippen molar-refractivity contribution >= 4 is 15.9 Å². The molecule has 1 aromatic rings. The summed E-state index contributed by atoms with van der Waals surface area (Å²) in [5.41, 5.74) is 2.69. The van der Waals surface area contributed by atoms with E-state index < -0.39 is 10.0 Å². The summed E-state index contributed by atoms with van der Waals surface area (Å²) in [7, 11) is -3.62. The minimum Gasteiger partial charge on any atom is -0.340 e. The van der Waals surface area contributed by atoms with Crippen LogP contribution in [-0.4, -0.2) is 72.7 Å². The van der Waals surface area contributed by atoms with Gasteiger partial charge in [-0.3, -0.25) is 9.69 Å². The van der Waals surface area contributed by atoms with Crippen LogP contribution in [0.3, 0.4) is 0 Å². The average Bonchev–Trinajstić information content (AvgIpc) is 2.72. The lowest BCUT2D eigenvalue weighted by molar-refractivity contribution is -0.138. The maximum Gasteiger partial charge on any atom is 0.244 e. The Balaban J connectivity index is 1.70. The molecule has 1 saturated carbocycles. The third kappa shape index (κ3) is 5.63.